The first-order chi connectivity index (χ1) is 6.86. The summed E-state index contributed by atoms with van der Waals surface area (Å²) in [5.41, 5.74) is 0.736. The Bertz CT molecular complexity index is 306. The lowest BCUT2D eigenvalue weighted by Crippen LogP contribution is -2.48. The van der Waals surface area contributed by atoms with E-state index in [0.717, 1.165) is 25.2 Å². The molecule has 0 aromatic heterocycles. The number of amides is 1. The van der Waals surface area contributed by atoms with Gasteiger partial charge in [-0.3, -0.25) is 4.79 Å². The van der Waals surface area contributed by atoms with Gasteiger partial charge in [0.05, 0.1) is 0 Å². The summed E-state index contributed by atoms with van der Waals surface area (Å²) in [4.78, 5) is 11.6. The van der Waals surface area contributed by atoms with Crippen molar-refractivity contribution in [3.63, 3.8) is 0 Å². The first-order valence-electron chi connectivity index (χ1n) is 4.90. The molecule has 0 unspecified atom stereocenters. The quantitative estimate of drug-likeness (QED) is 0.734. The fourth-order valence-corrected chi connectivity index (χ4v) is 1.42. The normalized spacial score (nSPS) is 16.0. The second-order valence-corrected chi connectivity index (χ2v) is 3.60. The molecule has 0 radical (unpaired) electrons. The fourth-order valence-electron chi connectivity index (χ4n) is 1.42. The first kappa shape index (κ1) is 9.21. The van der Waals surface area contributed by atoms with Crippen LogP contribution in [-0.2, 0) is 0 Å². The lowest BCUT2D eigenvalue weighted by atomic mass is 10.0. The average molecular weight is 190 g/mol. The minimum Gasteiger partial charge on any atom is -0.352 e. The summed E-state index contributed by atoms with van der Waals surface area (Å²) in [6.07, 6.45) is 0. The largest absolute Gasteiger partial charge is 0.352 e. The van der Waals surface area contributed by atoms with Gasteiger partial charge in [-0.25, -0.2) is 0 Å². The maximum atomic E-state index is 11.6. The molecule has 3 nitrogen and oxygen atoms in total. The topological polar surface area (TPSA) is 41.1 Å². The molecule has 14 heavy (non-hydrogen) atoms. The second-order valence-electron chi connectivity index (χ2n) is 3.60. The molecule has 1 amide bonds. The number of hydrogen-bond acceptors (Lipinski definition) is 2. The highest BCUT2D eigenvalue weighted by Crippen LogP contribution is 2.02. The van der Waals surface area contributed by atoms with Crippen molar-refractivity contribution in [1.82, 2.24) is 10.6 Å². The number of nitrogens with one attached hydrogen (secondary N) is 2. The first-order valence-corrected chi connectivity index (χ1v) is 4.90. The van der Waals surface area contributed by atoms with Crippen LogP contribution in [-0.4, -0.2) is 25.5 Å². The van der Waals surface area contributed by atoms with Crippen LogP contribution in [0.1, 0.15) is 10.4 Å². The van der Waals surface area contributed by atoms with Gasteiger partial charge in [0.2, 0.25) is 0 Å². The van der Waals surface area contributed by atoms with E-state index in [1.54, 1.807) is 0 Å². The molecule has 0 bridgehead atoms. The van der Waals surface area contributed by atoms with Gasteiger partial charge in [-0.1, -0.05) is 18.2 Å². The van der Waals surface area contributed by atoms with Crippen LogP contribution in [0, 0.1) is 5.92 Å². The molecule has 2 N–H and O–H groups in total. The van der Waals surface area contributed by atoms with Gasteiger partial charge < -0.3 is 10.6 Å². The van der Waals surface area contributed by atoms with E-state index >= 15 is 0 Å². The monoisotopic (exact) mass is 190 g/mol. The average Bonchev–Trinajstić information content (AvgIpc) is 2.16. The molecule has 0 saturated carbocycles. The predicted molar refractivity (Wildman–Crippen MR) is 55.1 cm³/mol. The van der Waals surface area contributed by atoms with Gasteiger partial charge in [-0.15, -0.1) is 0 Å². The van der Waals surface area contributed by atoms with Crippen LogP contribution >= 0.6 is 0 Å². The minimum absolute atomic E-state index is 0.0255. The number of carbonyl (C=O) groups is 1. The van der Waals surface area contributed by atoms with E-state index in [-0.39, 0.29) is 5.91 Å². The van der Waals surface area contributed by atoms with Gasteiger partial charge in [0.15, 0.2) is 0 Å². The van der Waals surface area contributed by atoms with Crippen molar-refractivity contribution in [3.05, 3.63) is 35.9 Å². The molecule has 0 aliphatic carbocycles. The molecule has 1 fully saturated rings. The number of benzene rings is 1. The van der Waals surface area contributed by atoms with E-state index < -0.39 is 0 Å². The molecule has 2 rings (SSSR count). The summed E-state index contributed by atoms with van der Waals surface area (Å²) < 4.78 is 0. The smallest absolute Gasteiger partial charge is 0.251 e. The Morgan fingerprint density at radius 3 is 2.64 bits per heavy atom. The Morgan fingerprint density at radius 1 is 1.36 bits per heavy atom. The Balaban J connectivity index is 1.83. The highest BCUT2D eigenvalue weighted by Gasteiger charge is 2.17. The van der Waals surface area contributed by atoms with Crippen LogP contribution in [0.2, 0.25) is 0 Å². The SMILES string of the molecule is O=C(NCC1CNC1)c1ccccc1. The molecule has 1 aromatic rings. The van der Waals surface area contributed by atoms with Crippen molar-refractivity contribution in [1.29, 1.82) is 0 Å². The highest BCUT2D eigenvalue weighted by atomic mass is 16.1. The van der Waals surface area contributed by atoms with Crippen molar-refractivity contribution in [2.24, 2.45) is 5.92 Å². The van der Waals surface area contributed by atoms with E-state index in [0.29, 0.717) is 5.92 Å². The van der Waals surface area contributed by atoms with Crippen molar-refractivity contribution < 1.29 is 4.79 Å². The summed E-state index contributed by atoms with van der Waals surface area (Å²) in [6.45, 7) is 2.82. The molecular weight excluding hydrogens is 176 g/mol. The molecule has 0 spiro atoms. The minimum atomic E-state index is 0.0255. The second kappa shape index (κ2) is 4.24. The fraction of sp³-hybridized carbons (Fsp3) is 0.364. The summed E-state index contributed by atoms with van der Waals surface area (Å²) in [6, 6.07) is 9.31. The van der Waals surface area contributed by atoms with Crippen LogP contribution in [0.3, 0.4) is 0 Å². The van der Waals surface area contributed by atoms with Crippen molar-refractivity contribution >= 4 is 5.91 Å². The van der Waals surface area contributed by atoms with Gasteiger partial charge in [0.1, 0.15) is 0 Å². The van der Waals surface area contributed by atoms with Gasteiger partial charge in [-0.05, 0) is 12.1 Å². The third kappa shape index (κ3) is 2.12. The lowest BCUT2D eigenvalue weighted by molar-refractivity contribution is 0.0942. The summed E-state index contributed by atoms with van der Waals surface area (Å²) in [5.74, 6) is 0.639. The third-order valence-corrected chi connectivity index (χ3v) is 2.45. The maximum Gasteiger partial charge on any atom is 0.251 e. The van der Waals surface area contributed by atoms with Crippen LogP contribution in [0.25, 0.3) is 0 Å². The Labute approximate surface area is 83.5 Å². The van der Waals surface area contributed by atoms with Gasteiger partial charge in [0, 0.05) is 31.1 Å². The standard InChI is InChI=1S/C11H14N2O/c14-11(10-4-2-1-3-5-10)13-8-9-6-12-7-9/h1-5,9,12H,6-8H2,(H,13,14). The predicted octanol–water partition coefficient (Wildman–Crippen LogP) is 0.636. The van der Waals surface area contributed by atoms with E-state index in [1.165, 1.54) is 0 Å². The van der Waals surface area contributed by atoms with Gasteiger partial charge >= 0.3 is 0 Å². The number of carbonyl (C=O) groups excluding carboxylic acids is 1. The molecular formula is C11H14N2O. The molecule has 1 aliphatic heterocycles. The van der Waals surface area contributed by atoms with Crippen LogP contribution in [0.15, 0.2) is 30.3 Å². The van der Waals surface area contributed by atoms with E-state index in [2.05, 4.69) is 10.6 Å². The van der Waals surface area contributed by atoms with Crippen molar-refractivity contribution in [3.8, 4) is 0 Å². The summed E-state index contributed by atoms with van der Waals surface area (Å²) in [5, 5.41) is 6.10. The zero-order valence-corrected chi connectivity index (χ0v) is 7.99. The van der Waals surface area contributed by atoms with Gasteiger partial charge in [-0.2, -0.15) is 0 Å². The Hall–Kier alpha value is -1.35. The van der Waals surface area contributed by atoms with Crippen LogP contribution < -0.4 is 10.6 Å². The molecule has 0 atom stereocenters. The zero-order chi connectivity index (χ0) is 9.80. The Morgan fingerprint density at radius 2 is 2.07 bits per heavy atom. The van der Waals surface area contributed by atoms with E-state index in [9.17, 15) is 4.79 Å². The van der Waals surface area contributed by atoms with Gasteiger partial charge in [0.25, 0.3) is 5.91 Å². The molecule has 74 valence electrons. The highest BCUT2D eigenvalue weighted by molar-refractivity contribution is 5.94. The van der Waals surface area contributed by atoms with E-state index in [1.807, 2.05) is 30.3 Å². The maximum absolute atomic E-state index is 11.6. The number of hydrogen-bond donors (Lipinski definition) is 2. The van der Waals surface area contributed by atoms with Crippen LogP contribution in [0.4, 0.5) is 0 Å². The van der Waals surface area contributed by atoms with E-state index in [4.69, 9.17) is 0 Å². The van der Waals surface area contributed by atoms with Crippen LogP contribution in [0.5, 0.6) is 0 Å². The molecule has 3 heteroatoms. The molecule has 1 saturated heterocycles. The molecule has 1 aliphatic rings. The number of rotatable bonds is 3. The van der Waals surface area contributed by atoms with Crippen molar-refractivity contribution in [2.45, 2.75) is 0 Å². The molecule has 1 heterocycles. The summed E-state index contributed by atoms with van der Waals surface area (Å²) in [7, 11) is 0. The summed E-state index contributed by atoms with van der Waals surface area (Å²) >= 11 is 0. The lowest BCUT2D eigenvalue weighted by Gasteiger charge is -2.27. The molecule has 1 aromatic carbocycles. The zero-order valence-electron chi connectivity index (χ0n) is 7.99. The van der Waals surface area contributed by atoms with Crippen molar-refractivity contribution in [2.75, 3.05) is 19.6 Å². The third-order valence-electron chi connectivity index (χ3n) is 2.45. The Kier molecular flexibility index (Phi) is 2.79.